The van der Waals surface area contributed by atoms with Crippen LogP contribution in [0.1, 0.15) is 32.6 Å². The number of nitrogens with zero attached hydrogens (tertiary/aromatic N) is 1. The average Bonchev–Trinajstić information content (AvgIpc) is 2.95. The number of thiophene rings is 1. The maximum Gasteiger partial charge on any atom is 0.348 e. The van der Waals surface area contributed by atoms with Crippen LogP contribution in [0.4, 0.5) is 11.4 Å². The lowest BCUT2D eigenvalue weighted by molar-refractivity contribution is -0.384. The fraction of sp³-hybridized carbons (Fsp3) is 0.294. The van der Waals surface area contributed by atoms with E-state index in [9.17, 15) is 19.7 Å². The maximum atomic E-state index is 12.0. The molecule has 0 saturated heterocycles. The number of aryl methyl sites for hydroxylation is 3. The smallest absolute Gasteiger partial charge is 0.348 e. The lowest BCUT2D eigenvalue weighted by Gasteiger charge is -2.07. The number of benzene rings is 1. The highest BCUT2D eigenvalue weighted by atomic mass is 32.1. The molecular weight excluding hydrogens is 344 g/mol. The van der Waals surface area contributed by atoms with Crippen molar-refractivity contribution in [3.05, 3.63) is 55.3 Å². The molecule has 0 aliphatic carbocycles. The summed E-state index contributed by atoms with van der Waals surface area (Å²) in [4.78, 5) is 35.9. The number of amides is 1. The van der Waals surface area contributed by atoms with E-state index in [2.05, 4.69) is 5.32 Å². The lowest BCUT2D eigenvalue weighted by Crippen LogP contribution is -2.21. The van der Waals surface area contributed by atoms with Gasteiger partial charge in [-0.25, -0.2) is 4.79 Å². The summed E-state index contributed by atoms with van der Waals surface area (Å²) in [6, 6.07) is 6.21. The van der Waals surface area contributed by atoms with Gasteiger partial charge in [-0.3, -0.25) is 14.9 Å². The zero-order valence-corrected chi connectivity index (χ0v) is 14.9. The van der Waals surface area contributed by atoms with Crippen LogP contribution in [-0.4, -0.2) is 23.4 Å². The molecule has 1 N–H and O–H groups in total. The Labute approximate surface area is 148 Å². The van der Waals surface area contributed by atoms with Gasteiger partial charge in [0.25, 0.3) is 11.6 Å². The number of ether oxygens (including phenoxy) is 1. The number of esters is 1. The van der Waals surface area contributed by atoms with Gasteiger partial charge in [0.15, 0.2) is 6.61 Å². The Bertz CT molecular complexity index is 828. The quantitative estimate of drug-likeness (QED) is 0.481. The van der Waals surface area contributed by atoms with Gasteiger partial charge in [-0.05, 0) is 43.5 Å². The van der Waals surface area contributed by atoms with Gasteiger partial charge in [-0.2, -0.15) is 0 Å². The Balaban J connectivity index is 1.99. The highest BCUT2D eigenvalue weighted by Gasteiger charge is 2.18. The Hall–Kier alpha value is -2.74. The zero-order chi connectivity index (χ0) is 18.6. The number of rotatable bonds is 6. The predicted molar refractivity (Wildman–Crippen MR) is 95.2 cm³/mol. The first-order valence-electron chi connectivity index (χ1n) is 7.63. The highest BCUT2D eigenvalue weighted by Crippen LogP contribution is 2.25. The first-order chi connectivity index (χ1) is 11.8. The summed E-state index contributed by atoms with van der Waals surface area (Å²) < 4.78 is 4.99. The molecule has 0 spiro atoms. The average molecular weight is 362 g/mol. The van der Waals surface area contributed by atoms with Crippen molar-refractivity contribution < 1.29 is 19.2 Å². The van der Waals surface area contributed by atoms with Gasteiger partial charge in [0, 0.05) is 10.9 Å². The molecule has 0 unspecified atom stereocenters. The van der Waals surface area contributed by atoms with E-state index in [1.165, 1.54) is 23.5 Å². The van der Waals surface area contributed by atoms with Crippen LogP contribution in [0.15, 0.2) is 24.3 Å². The molecule has 8 heteroatoms. The van der Waals surface area contributed by atoms with Crippen molar-refractivity contribution in [2.45, 2.75) is 27.2 Å². The van der Waals surface area contributed by atoms with E-state index in [1.54, 1.807) is 19.1 Å². The molecule has 0 atom stereocenters. The lowest BCUT2D eigenvalue weighted by atomic mass is 10.2. The number of hydrogen-bond donors (Lipinski definition) is 1. The second-order valence-corrected chi connectivity index (χ2v) is 6.70. The highest BCUT2D eigenvalue weighted by molar-refractivity contribution is 7.14. The molecule has 0 bridgehead atoms. The van der Waals surface area contributed by atoms with Crippen molar-refractivity contribution in [3.8, 4) is 0 Å². The summed E-state index contributed by atoms with van der Waals surface area (Å²) in [5, 5.41) is 13.4. The first-order valence-corrected chi connectivity index (χ1v) is 8.44. The van der Waals surface area contributed by atoms with Crippen LogP contribution < -0.4 is 5.32 Å². The number of carbonyl (C=O) groups is 2. The number of carbonyl (C=O) groups excluding carboxylic acids is 2. The van der Waals surface area contributed by atoms with Crippen LogP contribution in [0.2, 0.25) is 0 Å². The van der Waals surface area contributed by atoms with Crippen LogP contribution in [0.25, 0.3) is 0 Å². The number of hydrogen-bond acceptors (Lipinski definition) is 6. The Kier molecular flexibility index (Phi) is 5.87. The third-order valence-electron chi connectivity index (χ3n) is 3.56. The summed E-state index contributed by atoms with van der Waals surface area (Å²) in [5.41, 5.74) is 1.63. The normalized spacial score (nSPS) is 10.4. The van der Waals surface area contributed by atoms with E-state index < -0.39 is 23.4 Å². The third kappa shape index (κ3) is 4.63. The molecule has 1 aromatic carbocycles. The monoisotopic (exact) mass is 362 g/mol. The van der Waals surface area contributed by atoms with Crippen LogP contribution in [0, 0.1) is 24.0 Å². The van der Waals surface area contributed by atoms with E-state index in [0.29, 0.717) is 10.4 Å². The van der Waals surface area contributed by atoms with Crippen LogP contribution in [0.3, 0.4) is 0 Å². The minimum absolute atomic E-state index is 0.0666. The summed E-state index contributed by atoms with van der Waals surface area (Å²) in [6.45, 7) is 5.12. The second kappa shape index (κ2) is 7.89. The summed E-state index contributed by atoms with van der Waals surface area (Å²) in [5.74, 6) is -1.22. The standard InChI is InChI=1S/C17H18N2O5S/c1-4-12-8-15(25-11(12)3)17(21)24-9-16(20)18-13-6-5-10(2)7-14(13)19(22)23/h5-8H,4,9H2,1-3H3,(H,18,20). The molecule has 7 nitrogen and oxygen atoms in total. The summed E-state index contributed by atoms with van der Waals surface area (Å²) in [6.07, 6.45) is 0.813. The predicted octanol–water partition coefficient (Wildman–Crippen LogP) is 3.63. The fourth-order valence-electron chi connectivity index (χ4n) is 2.26. The van der Waals surface area contributed by atoms with Crippen molar-refractivity contribution in [1.82, 2.24) is 0 Å². The molecule has 0 aliphatic heterocycles. The molecule has 0 radical (unpaired) electrons. The molecule has 1 heterocycles. The molecule has 1 amide bonds. The minimum atomic E-state index is -0.635. The van der Waals surface area contributed by atoms with Crippen LogP contribution >= 0.6 is 11.3 Å². The van der Waals surface area contributed by atoms with Gasteiger partial charge in [-0.1, -0.05) is 13.0 Å². The topological polar surface area (TPSA) is 98.5 Å². The van der Waals surface area contributed by atoms with Crippen molar-refractivity contribution in [1.29, 1.82) is 0 Å². The Morgan fingerprint density at radius 2 is 2.00 bits per heavy atom. The van der Waals surface area contributed by atoms with E-state index in [1.807, 2.05) is 13.8 Å². The van der Waals surface area contributed by atoms with E-state index >= 15 is 0 Å². The van der Waals surface area contributed by atoms with Gasteiger partial charge in [0.2, 0.25) is 0 Å². The molecule has 0 saturated carbocycles. The van der Waals surface area contributed by atoms with Crippen LogP contribution in [-0.2, 0) is 16.0 Å². The molecule has 132 valence electrons. The van der Waals surface area contributed by atoms with Gasteiger partial charge >= 0.3 is 5.97 Å². The molecular formula is C17H18N2O5S. The molecule has 2 rings (SSSR count). The molecule has 0 fully saturated rings. The van der Waals surface area contributed by atoms with Gasteiger partial charge in [0.1, 0.15) is 10.6 Å². The second-order valence-electron chi connectivity index (χ2n) is 5.45. The number of nitro groups is 1. The third-order valence-corrected chi connectivity index (χ3v) is 4.63. The molecule has 1 aromatic heterocycles. The van der Waals surface area contributed by atoms with Crippen molar-refractivity contribution in [3.63, 3.8) is 0 Å². The summed E-state index contributed by atoms with van der Waals surface area (Å²) in [7, 11) is 0. The number of anilines is 1. The largest absolute Gasteiger partial charge is 0.451 e. The van der Waals surface area contributed by atoms with Gasteiger partial charge < -0.3 is 10.1 Å². The van der Waals surface area contributed by atoms with E-state index in [0.717, 1.165) is 16.9 Å². The Morgan fingerprint density at radius 1 is 1.28 bits per heavy atom. The fourth-order valence-corrected chi connectivity index (χ4v) is 3.27. The van der Waals surface area contributed by atoms with E-state index in [4.69, 9.17) is 4.74 Å². The van der Waals surface area contributed by atoms with Crippen molar-refractivity contribution in [2.75, 3.05) is 11.9 Å². The summed E-state index contributed by atoms with van der Waals surface area (Å²) >= 11 is 1.32. The Morgan fingerprint density at radius 3 is 2.60 bits per heavy atom. The number of nitro benzene ring substituents is 1. The van der Waals surface area contributed by atoms with Crippen molar-refractivity contribution in [2.24, 2.45) is 0 Å². The first kappa shape index (κ1) is 18.6. The van der Waals surface area contributed by atoms with Crippen molar-refractivity contribution >= 4 is 34.6 Å². The molecule has 25 heavy (non-hydrogen) atoms. The molecule has 2 aromatic rings. The maximum absolute atomic E-state index is 12.0. The molecule has 0 aliphatic rings. The van der Waals surface area contributed by atoms with E-state index in [-0.39, 0.29) is 11.4 Å². The number of nitrogens with one attached hydrogen (secondary N) is 1. The zero-order valence-electron chi connectivity index (χ0n) is 14.1. The minimum Gasteiger partial charge on any atom is -0.451 e. The SMILES string of the molecule is CCc1cc(C(=O)OCC(=O)Nc2ccc(C)cc2[N+](=O)[O-])sc1C. The van der Waals surface area contributed by atoms with Gasteiger partial charge in [0.05, 0.1) is 4.92 Å². The van der Waals surface area contributed by atoms with Crippen LogP contribution in [0.5, 0.6) is 0 Å². The van der Waals surface area contributed by atoms with Gasteiger partial charge in [-0.15, -0.1) is 11.3 Å².